The second-order valence-corrected chi connectivity index (χ2v) is 5.35. The van der Waals surface area contributed by atoms with Crippen LogP contribution in [-0.4, -0.2) is 30.6 Å². The van der Waals surface area contributed by atoms with Crippen LogP contribution in [0.3, 0.4) is 0 Å². The third-order valence-electron chi connectivity index (χ3n) is 3.67. The highest BCUT2D eigenvalue weighted by atomic mass is 15.2. The Bertz CT molecular complexity index is 170. The van der Waals surface area contributed by atoms with E-state index in [9.17, 15) is 0 Å². The Morgan fingerprint density at radius 3 is 2.57 bits per heavy atom. The number of likely N-dealkylation sites (tertiary alicyclic amines) is 1. The summed E-state index contributed by atoms with van der Waals surface area (Å²) in [5.41, 5.74) is 5.68. The van der Waals surface area contributed by atoms with Crippen molar-refractivity contribution >= 4 is 0 Å². The number of hydrogen-bond acceptors (Lipinski definition) is 2. The van der Waals surface area contributed by atoms with Gasteiger partial charge in [-0.15, -0.1) is 0 Å². The number of piperidine rings is 1. The first kappa shape index (κ1) is 12.0. The van der Waals surface area contributed by atoms with Gasteiger partial charge in [0.25, 0.3) is 0 Å². The van der Waals surface area contributed by atoms with Crippen molar-refractivity contribution in [3.63, 3.8) is 0 Å². The minimum atomic E-state index is 0.634. The number of nitrogens with two attached hydrogens (primary N) is 1. The van der Waals surface area contributed by atoms with Crippen LogP contribution < -0.4 is 5.73 Å². The Balaban J connectivity index is 2.49. The molecule has 1 saturated heterocycles. The van der Waals surface area contributed by atoms with Crippen molar-refractivity contribution in [2.24, 2.45) is 23.5 Å². The lowest BCUT2D eigenvalue weighted by atomic mass is 9.85. The second-order valence-electron chi connectivity index (χ2n) is 5.35. The van der Waals surface area contributed by atoms with Crippen LogP contribution >= 0.6 is 0 Å². The number of nitrogens with zero attached hydrogens (tertiary/aromatic N) is 1. The van der Waals surface area contributed by atoms with Gasteiger partial charge in [0.1, 0.15) is 0 Å². The Morgan fingerprint density at radius 2 is 2.00 bits per heavy atom. The zero-order valence-corrected chi connectivity index (χ0v) is 10.2. The molecule has 84 valence electrons. The van der Waals surface area contributed by atoms with Gasteiger partial charge in [-0.25, -0.2) is 0 Å². The molecule has 4 atom stereocenters. The highest BCUT2D eigenvalue weighted by molar-refractivity contribution is 4.82. The smallest absolute Gasteiger partial charge is 0.00929 e. The largest absolute Gasteiger partial charge is 0.330 e. The van der Waals surface area contributed by atoms with Gasteiger partial charge in [0.15, 0.2) is 0 Å². The molecule has 4 unspecified atom stereocenters. The molecule has 0 amide bonds. The van der Waals surface area contributed by atoms with Crippen LogP contribution in [0, 0.1) is 17.8 Å². The van der Waals surface area contributed by atoms with Gasteiger partial charge in [-0.1, -0.05) is 20.8 Å². The van der Waals surface area contributed by atoms with E-state index in [2.05, 4.69) is 32.6 Å². The van der Waals surface area contributed by atoms with Crippen LogP contribution in [0.1, 0.15) is 34.1 Å². The maximum absolute atomic E-state index is 5.68. The van der Waals surface area contributed by atoms with Gasteiger partial charge in [-0.2, -0.15) is 0 Å². The van der Waals surface area contributed by atoms with Crippen LogP contribution in [0.15, 0.2) is 0 Å². The van der Waals surface area contributed by atoms with Gasteiger partial charge >= 0.3 is 0 Å². The predicted octanol–water partition coefficient (Wildman–Crippen LogP) is 1.95. The van der Waals surface area contributed by atoms with Crippen molar-refractivity contribution in [1.29, 1.82) is 0 Å². The summed E-state index contributed by atoms with van der Waals surface area (Å²) >= 11 is 0. The fourth-order valence-corrected chi connectivity index (χ4v) is 2.55. The molecular formula is C12H26N2. The first-order valence-corrected chi connectivity index (χ1v) is 5.98. The summed E-state index contributed by atoms with van der Waals surface area (Å²) in [5, 5.41) is 0. The Labute approximate surface area is 88.8 Å². The molecular weight excluding hydrogens is 172 g/mol. The molecule has 0 bridgehead atoms. The Hall–Kier alpha value is -0.0800. The lowest BCUT2D eigenvalue weighted by Crippen LogP contribution is -2.48. The summed E-state index contributed by atoms with van der Waals surface area (Å²) in [6.07, 6.45) is 1.38. The molecule has 0 aromatic heterocycles. The van der Waals surface area contributed by atoms with Gasteiger partial charge in [0.2, 0.25) is 0 Å². The Kier molecular flexibility index (Phi) is 4.39. The Morgan fingerprint density at radius 1 is 1.36 bits per heavy atom. The standard InChI is InChI=1S/C12H26N2/c1-9-5-11(3)12(4)14(7-9)8-10(2)6-13/h9-12H,5-8,13H2,1-4H3. The third-order valence-corrected chi connectivity index (χ3v) is 3.67. The zero-order chi connectivity index (χ0) is 10.7. The lowest BCUT2D eigenvalue weighted by Gasteiger charge is -2.42. The summed E-state index contributed by atoms with van der Waals surface area (Å²) in [6.45, 7) is 12.6. The fraction of sp³-hybridized carbons (Fsp3) is 1.00. The van der Waals surface area contributed by atoms with Crippen molar-refractivity contribution < 1.29 is 0 Å². The van der Waals surface area contributed by atoms with Crippen molar-refractivity contribution in [2.75, 3.05) is 19.6 Å². The van der Waals surface area contributed by atoms with Crippen molar-refractivity contribution in [3.05, 3.63) is 0 Å². The summed E-state index contributed by atoms with van der Waals surface area (Å²) in [6, 6.07) is 0.736. The highest BCUT2D eigenvalue weighted by Crippen LogP contribution is 2.27. The first-order chi connectivity index (χ1) is 6.54. The molecule has 2 heteroatoms. The van der Waals surface area contributed by atoms with Gasteiger partial charge in [-0.05, 0) is 37.6 Å². The molecule has 2 N–H and O–H groups in total. The highest BCUT2D eigenvalue weighted by Gasteiger charge is 2.28. The quantitative estimate of drug-likeness (QED) is 0.751. The summed E-state index contributed by atoms with van der Waals surface area (Å²) in [5.74, 6) is 2.32. The molecule has 0 saturated carbocycles. The molecule has 1 heterocycles. The zero-order valence-electron chi connectivity index (χ0n) is 10.2. The molecule has 1 fully saturated rings. The molecule has 0 aromatic rings. The fourth-order valence-electron chi connectivity index (χ4n) is 2.55. The second kappa shape index (κ2) is 5.13. The number of rotatable bonds is 3. The van der Waals surface area contributed by atoms with Gasteiger partial charge < -0.3 is 5.73 Å². The molecule has 2 nitrogen and oxygen atoms in total. The van der Waals surface area contributed by atoms with Gasteiger partial charge in [0.05, 0.1) is 0 Å². The average Bonchev–Trinajstić information content (AvgIpc) is 2.13. The van der Waals surface area contributed by atoms with E-state index in [0.717, 1.165) is 24.4 Å². The molecule has 0 spiro atoms. The van der Waals surface area contributed by atoms with E-state index in [1.165, 1.54) is 19.5 Å². The molecule has 1 aliphatic heterocycles. The van der Waals surface area contributed by atoms with E-state index in [0.29, 0.717) is 5.92 Å². The van der Waals surface area contributed by atoms with Crippen molar-refractivity contribution in [1.82, 2.24) is 4.90 Å². The van der Waals surface area contributed by atoms with Crippen LogP contribution in [0.4, 0.5) is 0 Å². The maximum atomic E-state index is 5.68. The summed E-state index contributed by atoms with van der Waals surface area (Å²) in [4.78, 5) is 2.62. The summed E-state index contributed by atoms with van der Waals surface area (Å²) in [7, 11) is 0. The molecule has 14 heavy (non-hydrogen) atoms. The van der Waals surface area contributed by atoms with E-state index in [1.807, 2.05) is 0 Å². The van der Waals surface area contributed by atoms with Crippen LogP contribution in [-0.2, 0) is 0 Å². The van der Waals surface area contributed by atoms with Crippen molar-refractivity contribution in [3.8, 4) is 0 Å². The van der Waals surface area contributed by atoms with E-state index in [-0.39, 0.29) is 0 Å². The molecule has 0 aliphatic carbocycles. The van der Waals surface area contributed by atoms with Crippen molar-refractivity contribution in [2.45, 2.75) is 40.2 Å². The molecule has 1 aliphatic rings. The van der Waals surface area contributed by atoms with Crippen LogP contribution in [0.2, 0.25) is 0 Å². The minimum Gasteiger partial charge on any atom is -0.330 e. The van der Waals surface area contributed by atoms with E-state index >= 15 is 0 Å². The molecule has 1 rings (SSSR count). The first-order valence-electron chi connectivity index (χ1n) is 5.98. The predicted molar refractivity (Wildman–Crippen MR) is 62.2 cm³/mol. The summed E-state index contributed by atoms with van der Waals surface area (Å²) < 4.78 is 0. The minimum absolute atomic E-state index is 0.634. The average molecular weight is 198 g/mol. The van der Waals surface area contributed by atoms with Crippen LogP contribution in [0.25, 0.3) is 0 Å². The van der Waals surface area contributed by atoms with Gasteiger partial charge in [-0.3, -0.25) is 4.90 Å². The van der Waals surface area contributed by atoms with Gasteiger partial charge in [0, 0.05) is 19.1 Å². The maximum Gasteiger partial charge on any atom is 0.00929 e. The van der Waals surface area contributed by atoms with E-state index < -0.39 is 0 Å². The molecule has 0 radical (unpaired) electrons. The van der Waals surface area contributed by atoms with E-state index in [1.54, 1.807) is 0 Å². The SMILES string of the molecule is CC(CN)CN1CC(C)CC(C)C1C. The lowest BCUT2D eigenvalue weighted by molar-refractivity contribution is 0.0680. The van der Waals surface area contributed by atoms with Crippen LogP contribution in [0.5, 0.6) is 0 Å². The third kappa shape index (κ3) is 2.96. The monoisotopic (exact) mass is 198 g/mol. The topological polar surface area (TPSA) is 29.3 Å². The normalized spacial score (nSPS) is 37.1. The number of hydrogen-bond donors (Lipinski definition) is 1. The molecule has 0 aromatic carbocycles. The van der Waals surface area contributed by atoms with E-state index in [4.69, 9.17) is 5.73 Å².